The van der Waals surface area contributed by atoms with Crippen molar-refractivity contribution in [3.05, 3.63) is 76.8 Å². The molecule has 10 heteroatoms. The molecule has 7 nitrogen and oxygen atoms in total. The molecular formula is C22H18ClN3O4S2. The average Bonchev–Trinajstić information content (AvgIpc) is 3.20. The highest BCUT2D eigenvalue weighted by molar-refractivity contribution is 7.92. The van der Waals surface area contributed by atoms with Gasteiger partial charge in [-0.1, -0.05) is 22.9 Å². The monoisotopic (exact) mass is 487 g/mol. The molecule has 0 unspecified atom stereocenters. The fourth-order valence-corrected chi connectivity index (χ4v) is 5.11. The smallest absolute Gasteiger partial charge is 0.261 e. The molecule has 2 N–H and O–H groups in total. The maximum Gasteiger partial charge on any atom is 0.261 e. The highest BCUT2D eigenvalue weighted by atomic mass is 35.5. The van der Waals surface area contributed by atoms with Gasteiger partial charge in [0.05, 0.1) is 22.2 Å². The summed E-state index contributed by atoms with van der Waals surface area (Å²) in [6.45, 7) is 1.88. The van der Waals surface area contributed by atoms with Crippen LogP contribution in [0.4, 0.5) is 10.8 Å². The number of ether oxygens (including phenoxy) is 1. The van der Waals surface area contributed by atoms with Crippen LogP contribution in [0.2, 0.25) is 5.02 Å². The number of aryl methyl sites for hydroxylation is 1. The second-order valence-electron chi connectivity index (χ2n) is 6.85. The first-order chi connectivity index (χ1) is 15.3. The Kier molecular flexibility index (Phi) is 6.05. The molecule has 0 fully saturated rings. The van der Waals surface area contributed by atoms with Crippen molar-refractivity contribution in [3.63, 3.8) is 0 Å². The van der Waals surface area contributed by atoms with Crippen molar-refractivity contribution in [1.29, 1.82) is 0 Å². The highest BCUT2D eigenvalue weighted by Gasteiger charge is 2.16. The minimum absolute atomic E-state index is 0.103. The van der Waals surface area contributed by atoms with Crippen LogP contribution in [0.1, 0.15) is 15.9 Å². The third-order valence-electron chi connectivity index (χ3n) is 4.74. The fourth-order valence-electron chi connectivity index (χ4n) is 2.98. The number of hydrogen-bond donors (Lipinski definition) is 2. The molecule has 0 aliphatic rings. The molecular weight excluding hydrogens is 470 g/mol. The maximum atomic E-state index is 12.6. The molecule has 3 aromatic carbocycles. The average molecular weight is 488 g/mol. The van der Waals surface area contributed by atoms with Crippen molar-refractivity contribution in [1.82, 2.24) is 4.98 Å². The molecule has 0 saturated carbocycles. The van der Waals surface area contributed by atoms with E-state index >= 15 is 0 Å². The Bertz CT molecular complexity index is 1400. The van der Waals surface area contributed by atoms with Gasteiger partial charge < -0.3 is 4.74 Å². The van der Waals surface area contributed by atoms with E-state index in [-0.39, 0.29) is 10.8 Å². The summed E-state index contributed by atoms with van der Waals surface area (Å²) in [6, 6.07) is 15.8. The summed E-state index contributed by atoms with van der Waals surface area (Å²) in [7, 11) is -2.26. The van der Waals surface area contributed by atoms with Gasteiger partial charge in [0.25, 0.3) is 15.9 Å². The molecule has 4 rings (SSSR count). The summed E-state index contributed by atoms with van der Waals surface area (Å²) in [5.41, 5.74) is 2.31. The number of benzene rings is 3. The topological polar surface area (TPSA) is 97.4 Å². The zero-order valence-corrected chi connectivity index (χ0v) is 19.4. The van der Waals surface area contributed by atoms with E-state index in [1.54, 1.807) is 18.2 Å². The van der Waals surface area contributed by atoms with Crippen molar-refractivity contribution in [2.45, 2.75) is 11.8 Å². The van der Waals surface area contributed by atoms with Crippen LogP contribution in [0.5, 0.6) is 5.75 Å². The van der Waals surface area contributed by atoms with Gasteiger partial charge in [-0.3, -0.25) is 14.8 Å². The number of nitrogens with one attached hydrogen (secondary N) is 2. The van der Waals surface area contributed by atoms with E-state index < -0.39 is 10.0 Å². The number of nitrogens with zero attached hydrogens (tertiary/aromatic N) is 1. The summed E-state index contributed by atoms with van der Waals surface area (Å²) in [5, 5.41) is 3.85. The van der Waals surface area contributed by atoms with E-state index in [4.69, 9.17) is 16.3 Å². The standard InChI is InChI=1S/C22H18ClN3O4S2/c1-13-18(23)11-12-19-20(13)24-22(31-19)25-21(27)14-3-5-15(6-4-14)26-32(28,29)17-9-7-16(30-2)8-10-17/h3-12,26H,1-2H3,(H,24,25,27). The number of halogens is 1. The summed E-state index contributed by atoms with van der Waals surface area (Å²) in [6.07, 6.45) is 0. The van der Waals surface area contributed by atoms with Gasteiger partial charge in [-0.25, -0.2) is 13.4 Å². The molecule has 0 aliphatic carbocycles. The third kappa shape index (κ3) is 4.55. The number of carbonyl (C=O) groups is 1. The normalized spacial score (nSPS) is 11.3. The Morgan fingerprint density at radius 3 is 2.38 bits per heavy atom. The van der Waals surface area contributed by atoms with Crippen LogP contribution in [-0.4, -0.2) is 26.4 Å². The molecule has 0 bridgehead atoms. The first-order valence-corrected chi connectivity index (χ1v) is 12.1. The number of hydrogen-bond acceptors (Lipinski definition) is 6. The number of aromatic nitrogens is 1. The van der Waals surface area contributed by atoms with Crippen LogP contribution >= 0.6 is 22.9 Å². The Hall–Kier alpha value is -3.14. The molecule has 1 aromatic heterocycles. The van der Waals surface area contributed by atoms with E-state index in [2.05, 4.69) is 15.0 Å². The Labute approximate surface area is 194 Å². The van der Waals surface area contributed by atoms with Crippen LogP contribution in [-0.2, 0) is 10.0 Å². The lowest BCUT2D eigenvalue weighted by atomic mass is 10.2. The Morgan fingerprint density at radius 2 is 1.72 bits per heavy atom. The minimum atomic E-state index is -3.77. The van der Waals surface area contributed by atoms with Gasteiger partial charge >= 0.3 is 0 Å². The molecule has 0 aliphatic heterocycles. The highest BCUT2D eigenvalue weighted by Crippen LogP contribution is 2.32. The third-order valence-corrected chi connectivity index (χ3v) is 7.48. The van der Waals surface area contributed by atoms with Crippen LogP contribution in [0.15, 0.2) is 65.6 Å². The molecule has 1 amide bonds. The molecule has 0 spiro atoms. The SMILES string of the molecule is COc1ccc(S(=O)(=O)Nc2ccc(C(=O)Nc3nc4c(C)c(Cl)ccc4s3)cc2)cc1. The second kappa shape index (κ2) is 8.78. The number of rotatable bonds is 6. The lowest BCUT2D eigenvalue weighted by Gasteiger charge is -2.09. The van der Waals surface area contributed by atoms with Gasteiger partial charge in [-0.05, 0) is 73.2 Å². The van der Waals surface area contributed by atoms with Gasteiger partial charge in [0.2, 0.25) is 0 Å². The molecule has 0 saturated heterocycles. The number of thiazole rings is 1. The minimum Gasteiger partial charge on any atom is -0.497 e. The van der Waals surface area contributed by atoms with Crippen LogP contribution in [0.3, 0.4) is 0 Å². The van der Waals surface area contributed by atoms with Crippen molar-refractivity contribution >= 4 is 59.9 Å². The van der Waals surface area contributed by atoms with Crippen molar-refractivity contribution in [2.24, 2.45) is 0 Å². The van der Waals surface area contributed by atoms with Crippen molar-refractivity contribution in [3.8, 4) is 5.75 Å². The largest absolute Gasteiger partial charge is 0.497 e. The number of methoxy groups -OCH3 is 1. The Balaban J connectivity index is 1.47. The zero-order valence-electron chi connectivity index (χ0n) is 17.0. The van der Waals surface area contributed by atoms with Crippen LogP contribution in [0, 0.1) is 6.92 Å². The lowest BCUT2D eigenvalue weighted by molar-refractivity contribution is 0.102. The second-order valence-corrected chi connectivity index (χ2v) is 9.97. The molecule has 164 valence electrons. The van der Waals surface area contributed by atoms with E-state index in [0.717, 1.165) is 15.8 Å². The first-order valence-electron chi connectivity index (χ1n) is 9.41. The van der Waals surface area contributed by atoms with E-state index in [0.29, 0.717) is 27.2 Å². The van der Waals surface area contributed by atoms with E-state index in [9.17, 15) is 13.2 Å². The van der Waals surface area contributed by atoms with Crippen molar-refractivity contribution in [2.75, 3.05) is 17.1 Å². The number of carbonyl (C=O) groups excluding carboxylic acids is 1. The lowest BCUT2D eigenvalue weighted by Crippen LogP contribution is -2.14. The quantitative estimate of drug-likeness (QED) is 0.383. The van der Waals surface area contributed by atoms with Crippen LogP contribution in [0.25, 0.3) is 10.2 Å². The molecule has 4 aromatic rings. The zero-order chi connectivity index (χ0) is 22.9. The van der Waals surface area contributed by atoms with E-state index in [1.165, 1.54) is 54.8 Å². The molecule has 0 atom stereocenters. The summed E-state index contributed by atoms with van der Waals surface area (Å²) in [4.78, 5) is 17.2. The first kappa shape index (κ1) is 22.1. The van der Waals surface area contributed by atoms with Gasteiger partial charge in [0, 0.05) is 16.3 Å². The summed E-state index contributed by atoms with van der Waals surface area (Å²) in [5.74, 6) is 0.211. The Morgan fingerprint density at radius 1 is 1.03 bits per heavy atom. The van der Waals surface area contributed by atoms with Gasteiger partial charge in [0.1, 0.15) is 5.75 Å². The number of anilines is 2. The maximum absolute atomic E-state index is 12.6. The van der Waals surface area contributed by atoms with E-state index in [1.807, 2.05) is 13.0 Å². The number of sulfonamides is 1. The number of amides is 1. The van der Waals surface area contributed by atoms with Gasteiger partial charge in [-0.2, -0.15) is 0 Å². The van der Waals surface area contributed by atoms with Crippen molar-refractivity contribution < 1.29 is 17.9 Å². The van der Waals surface area contributed by atoms with Gasteiger partial charge in [-0.15, -0.1) is 0 Å². The number of fused-ring (bicyclic) bond motifs is 1. The summed E-state index contributed by atoms with van der Waals surface area (Å²) >= 11 is 7.49. The predicted octanol–water partition coefficient (Wildman–Crippen LogP) is 5.32. The van der Waals surface area contributed by atoms with Crippen LogP contribution < -0.4 is 14.8 Å². The predicted molar refractivity (Wildman–Crippen MR) is 128 cm³/mol. The van der Waals surface area contributed by atoms with Gasteiger partial charge in [0.15, 0.2) is 5.13 Å². The molecule has 1 heterocycles. The molecule has 0 radical (unpaired) electrons. The molecule has 32 heavy (non-hydrogen) atoms. The fraction of sp³-hybridized carbons (Fsp3) is 0.0909. The summed E-state index contributed by atoms with van der Waals surface area (Å²) < 4.78 is 33.6.